The van der Waals surface area contributed by atoms with Gasteiger partial charge >= 0.3 is 28.5 Å². The molecule has 4 fully saturated rings. The Bertz CT molecular complexity index is 3430. The Hall–Kier alpha value is -5.34. The molecule has 0 amide bonds. The van der Waals surface area contributed by atoms with Crippen LogP contribution in [0.4, 0.5) is 17.6 Å². The molecule has 8 aromatic rings. The van der Waals surface area contributed by atoms with Gasteiger partial charge < -0.3 is 37.2 Å². The van der Waals surface area contributed by atoms with E-state index >= 15 is 17.6 Å². The Balaban J connectivity index is 0.825. The monoisotopic (exact) mass is 970 g/mol. The number of benzene rings is 4. The molecule has 0 radical (unpaired) electrons. The third-order valence-corrected chi connectivity index (χ3v) is 14.1. The second-order valence-corrected chi connectivity index (χ2v) is 21.2. The van der Waals surface area contributed by atoms with Gasteiger partial charge in [0.25, 0.3) is 0 Å². The number of aromatic nitrogens is 8. The number of hydrogen-bond donors (Lipinski definition) is 0. The highest BCUT2D eigenvalue weighted by molar-refractivity contribution is 6.68. The fourth-order valence-electron chi connectivity index (χ4n) is 10.8. The van der Waals surface area contributed by atoms with Crippen LogP contribution in [0, 0.1) is 40.0 Å². The Morgan fingerprint density at radius 2 is 0.829 bits per heavy atom. The summed E-state index contributed by atoms with van der Waals surface area (Å²) in [7, 11) is -5.16. The van der Waals surface area contributed by atoms with Crippen LogP contribution in [-0.2, 0) is 37.2 Å². The van der Waals surface area contributed by atoms with Crippen molar-refractivity contribution in [1.29, 1.82) is 0 Å². The second-order valence-electron chi connectivity index (χ2n) is 21.2. The molecule has 0 bridgehead atoms. The van der Waals surface area contributed by atoms with Crippen molar-refractivity contribution in [2.75, 3.05) is 26.4 Å². The lowest BCUT2D eigenvalue weighted by Crippen LogP contribution is -2.60. The van der Waals surface area contributed by atoms with Crippen molar-refractivity contribution in [2.45, 2.75) is 98.6 Å². The van der Waals surface area contributed by atoms with Gasteiger partial charge in [-0.3, -0.25) is 0 Å². The van der Waals surface area contributed by atoms with Crippen LogP contribution < -0.4 is 21.9 Å². The topological polar surface area (TPSA) is 230 Å². The Kier molecular flexibility index (Phi) is 10.4. The number of halogens is 4. The maximum atomic E-state index is 17.4. The average molecular weight is 970 g/mol. The maximum absolute atomic E-state index is 17.4. The largest absolute Gasteiger partial charge is 0.499 e. The van der Waals surface area contributed by atoms with Crippen molar-refractivity contribution in [2.24, 2.45) is 16.7 Å². The highest BCUT2D eigenvalue weighted by atomic mass is 19.1. The summed E-state index contributed by atoms with van der Waals surface area (Å²) in [5, 5.41) is 30.6. The minimum atomic E-state index is -1.39. The average Bonchev–Trinajstić information content (AvgIpc) is 4.13. The molecule has 0 N–H and O–H groups in total. The molecule has 8 heterocycles. The van der Waals surface area contributed by atoms with E-state index in [0.717, 1.165) is 0 Å². The first-order valence-corrected chi connectivity index (χ1v) is 22.8. The molecule has 0 aliphatic carbocycles. The van der Waals surface area contributed by atoms with Crippen LogP contribution in [0.1, 0.15) is 75.2 Å². The van der Waals surface area contributed by atoms with Gasteiger partial charge in [-0.2, -0.15) is 0 Å². The zero-order valence-corrected chi connectivity index (χ0v) is 39.3. The first-order valence-electron chi connectivity index (χ1n) is 22.8. The molecule has 20 nitrogen and oxygen atoms in total. The fraction of sp³-hybridized carbons (Fsp3) is 0.524. The maximum Gasteiger partial charge on any atom is 0.499 e. The molecule has 4 aliphatic heterocycles. The van der Waals surface area contributed by atoms with E-state index < -0.39 is 74.5 Å². The van der Waals surface area contributed by atoms with E-state index in [2.05, 4.69) is 41.3 Å². The number of fused-ring (bicyclic) bond motifs is 10. The molecule has 0 spiro atoms. The number of rotatable bonds is 6. The normalized spacial score (nSPS) is 23.9. The van der Waals surface area contributed by atoms with Crippen LogP contribution in [0.25, 0.3) is 65.7 Å². The number of nitrogens with zero attached hydrogens (tertiary/aromatic N) is 8. The SMILES string of the molecule is CC1CC(C)(C)OB(c2c(F)c3c4nonc4c(B4OC(C)C(CC5(C)COB(c6c(F)c7c8nonc8c(B8OCC(C)(C)CO8)c(F)c7c7nonc67)OC5)C(C)(C)O4)c(F)c3c3nonc23)O1. The van der Waals surface area contributed by atoms with Crippen molar-refractivity contribution in [3.05, 3.63) is 23.3 Å². The van der Waals surface area contributed by atoms with Crippen LogP contribution in [-0.4, -0.2) is 120 Å². The van der Waals surface area contributed by atoms with Gasteiger partial charge in [0, 0.05) is 55.4 Å². The fourth-order valence-corrected chi connectivity index (χ4v) is 10.8. The Labute approximate surface area is 394 Å². The Morgan fingerprint density at radius 3 is 1.21 bits per heavy atom. The van der Waals surface area contributed by atoms with Crippen molar-refractivity contribution in [3.63, 3.8) is 0 Å². The molecule has 3 atom stereocenters. The van der Waals surface area contributed by atoms with Gasteiger partial charge in [0.2, 0.25) is 0 Å². The van der Waals surface area contributed by atoms with Crippen molar-refractivity contribution in [1.82, 2.24) is 41.3 Å². The molecule has 362 valence electrons. The summed E-state index contributed by atoms with van der Waals surface area (Å²) in [6.45, 7) is 17.5. The summed E-state index contributed by atoms with van der Waals surface area (Å²) in [5.41, 5.74) is -4.35. The molecule has 4 saturated heterocycles. The van der Waals surface area contributed by atoms with Crippen molar-refractivity contribution < 1.29 is 73.3 Å². The summed E-state index contributed by atoms with van der Waals surface area (Å²) < 4.78 is 138. The van der Waals surface area contributed by atoms with Crippen LogP contribution in [0.2, 0.25) is 0 Å². The molecule has 0 saturated carbocycles. The molecular weight excluding hydrogens is 928 g/mol. The summed E-state index contributed by atoms with van der Waals surface area (Å²) in [6.07, 6.45) is -0.00884. The van der Waals surface area contributed by atoms with E-state index in [1.807, 2.05) is 62.3 Å². The minimum Gasteiger partial charge on any atom is -0.407 e. The van der Waals surface area contributed by atoms with E-state index in [1.54, 1.807) is 0 Å². The molecule has 28 heteroatoms. The Morgan fingerprint density at radius 1 is 0.471 bits per heavy atom. The van der Waals surface area contributed by atoms with Crippen molar-refractivity contribution in [3.8, 4) is 0 Å². The lowest BCUT2D eigenvalue weighted by molar-refractivity contribution is -0.109. The summed E-state index contributed by atoms with van der Waals surface area (Å²) >= 11 is 0. The molecular formula is C42H42B4F4N8O12. The van der Waals surface area contributed by atoms with Gasteiger partial charge in [-0.15, -0.1) is 0 Å². The zero-order valence-electron chi connectivity index (χ0n) is 39.3. The minimum absolute atomic E-state index is 0.0404. The van der Waals surface area contributed by atoms with E-state index in [0.29, 0.717) is 12.8 Å². The third-order valence-electron chi connectivity index (χ3n) is 14.1. The van der Waals surface area contributed by atoms with Gasteiger partial charge in [0.05, 0.1) is 54.6 Å². The van der Waals surface area contributed by atoms with Crippen LogP contribution in [0.5, 0.6) is 0 Å². The standard InChI is InChI=1S/C42H42B4F4N8O12/c1-16-10-40(5,6)65-45(63-16)25-29(49)21-22(33-37(25)57-69-53-33)30(50)26(38-34(21)54-70-58-38)46-64-17(2)18(41(7,8)66-46)11-42(9)14-61-44(62-15-42)24-28(48)20-19(32-36(24)56-68-52-32)27(47)23(35-31(20)51-67-55-35)43-59-12-39(3,4)13-60-43/h16-18H,10-15H2,1-9H3. The van der Waals surface area contributed by atoms with Gasteiger partial charge in [-0.05, 0) is 75.0 Å². The van der Waals surface area contributed by atoms with E-state index in [-0.39, 0.29) is 131 Å². The van der Waals surface area contributed by atoms with Gasteiger partial charge in [0.1, 0.15) is 67.4 Å². The molecule has 4 aromatic heterocycles. The third kappa shape index (κ3) is 6.99. The van der Waals surface area contributed by atoms with Gasteiger partial charge in [-0.25, -0.2) is 36.1 Å². The van der Waals surface area contributed by atoms with Crippen LogP contribution in [0.15, 0.2) is 18.5 Å². The van der Waals surface area contributed by atoms with Crippen molar-refractivity contribution >= 4 is 116 Å². The van der Waals surface area contributed by atoms with Gasteiger partial charge in [0.15, 0.2) is 0 Å². The predicted molar refractivity (Wildman–Crippen MR) is 241 cm³/mol. The predicted octanol–water partition coefficient (Wildman–Crippen LogP) is 4.13. The highest BCUT2D eigenvalue weighted by Gasteiger charge is 2.53. The molecule has 3 unspecified atom stereocenters. The number of hydrogen-bond acceptors (Lipinski definition) is 20. The molecule has 70 heavy (non-hydrogen) atoms. The smallest absolute Gasteiger partial charge is 0.407 e. The van der Waals surface area contributed by atoms with Gasteiger partial charge in [-0.1, -0.05) is 41.4 Å². The molecule has 12 rings (SSSR count). The molecule has 4 aliphatic rings. The lowest BCUT2D eigenvalue weighted by atomic mass is 9.66. The summed E-state index contributed by atoms with van der Waals surface area (Å²) in [5.74, 6) is -4.13. The van der Waals surface area contributed by atoms with Crippen LogP contribution >= 0.6 is 0 Å². The first kappa shape index (κ1) is 45.8. The second kappa shape index (κ2) is 15.8. The first-order chi connectivity index (χ1) is 33.2. The van der Waals surface area contributed by atoms with Crippen LogP contribution in [0.3, 0.4) is 0 Å². The lowest BCUT2D eigenvalue weighted by Gasteiger charge is -2.49. The quantitative estimate of drug-likeness (QED) is 0.169. The summed E-state index contributed by atoms with van der Waals surface area (Å²) in [4.78, 5) is 0. The van der Waals surface area contributed by atoms with E-state index in [4.69, 9.17) is 55.8 Å². The zero-order chi connectivity index (χ0) is 49.0. The highest BCUT2D eigenvalue weighted by Crippen LogP contribution is 2.44. The van der Waals surface area contributed by atoms with E-state index in [1.165, 1.54) is 0 Å². The molecule has 4 aromatic carbocycles. The van der Waals surface area contributed by atoms with E-state index in [9.17, 15) is 0 Å². The summed E-state index contributed by atoms with van der Waals surface area (Å²) in [6, 6.07) is 0.